The van der Waals surface area contributed by atoms with Crippen molar-refractivity contribution in [1.82, 2.24) is 5.32 Å². The highest BCUT2D eigenvalue weighted by Gasteiger charge is 2.30. The number of hydrogen-bond acceptors (Lipinski definition) is 2. The van der Waals surface area contributed by atoms with Gasteiger partial charge in [-0.3, -0.25) is 0 Å². The molecule has 1 atom stereocenters. The molecule has 16 heavy (non-hydrogen) atoms. The van der Waals surface area contributed by atoms with Gasteiger partial charge in [0.25, 0.3) is 0 Å². The van der Waals surface area contributed by atoms with Gasteiger partial charge in [-0.2, -0.15) is 11.8 Å². The second-order valence-corrected chi connectivity index (χ2v) is 6.37. The average molecular weight is 241 g/mol. The Morgan fingerprint density at radius 1 is 1.38 bits per heavy atom. The molecule has 94 valence electrons. The smallest absolute Gasteiger partial charge is 0.0281 e. The largest absolute Gasteiger partial charge is 0.313 e. The normalized spacial score (nSPS) is 21.6. The minimum Gasteiger partial charge on any atom is -0.313 e. The highest BCUT2D eigenvalue weighted by molar-refractivity contribution is 8.00. The number of nitrogens with one attached hydrogen (secondary N) is 1. The molecular formula is C14H27NS. The molecule has 0 aromatic heterocycles. The van der Waals surface area contributed by atoms with Crippen LogP contribution in [0.3, 0.4) is 0 Å². The third-order valence-corrected chi connectivity index (χ3v) is 5.19. The molecule has 1 aliphatic rings. The summed E-state index contributed by atoms with van der Waals surface area (Å²) in [5.74, 6) is 0. The number of hydrogen-bond donors (Lipinski definition) is 1. The number of thioether (sulfide) groups is 1. The van der Waals surface area contributed by atoms with E-state index in [1.807, 2.05) is 6.08 Å². The fraction of sp³-hybridized carbons (Fsp3) is 0.857. The standard InChI is InChI=1S/C14H27NS/c1-4-5-9-13(2)15-12-14(16-3)10-7-6-8-11-14/h4,13,15H,1,5-12H2,2-3H3. The van der Waals surface area contributed by atoms with E-state index in [1.165, 1.54) is 45.1 Å². The molecule has 0 bridgehead atoms. The topological polar surface area (TPSA) is 12.0 Å². The summed E-state index contributed by atoms with van der Waals surface area (Å²) in [7, 11) is 0. The highest BCUT2D eigenvalue weighted by atomic mass is 32.2. The summed E-state index contributed by atoms with van der Waals surface area (Å²) in [4.78, 5) is 0. The lowest BCUT2D eigenvalue weighted by molar-refractivity contribution is 0.361. The molecule has 2 heteroatoms. The van der Waals surface area contributed by atoms with Crippen LogP contribution in [0.2, 0.25) is 0 Å². The Morgan fingerprint density at radius 3 is 2.62 bits per heavy atom. The molecule has 0 amide bonds. The fourth-order valence-electron chi connectivity index (χ4n) is 2.48. The Balaban J connectivity index is 2.29. The zero-order valence-electron chi connectivity index (χ0n) is 10.9. The Bertz CT molecular complexity index is 197. The van der Waals surface area contributed by atoms with Crippen molar-refractivity contribution in [3.63, 3.8) is 0 Å². The second-order valence-electron chi connectivity index (χ2n) is 5.10. The first-order valence-electron chi connectivity index (χ1n) is 6.62. The minimum absolute atomic E-state index is 0.528. The van der Waals surface area contributed by atoms with Gasteiger partial charge in [-0.25, -0.2) is 0 Å². The summed E-state index contributed by atoms with van der Waals surface area (Å²) in [5, 5.41) is 3.71. The number of allylic oxidation sites excluding steroid dienone is 1. The first-order chi connectivity index (χ1) is 7.72. The van der Waals surface area contributed by atoms with E-state index in [4.69, 9.17) is 0 Å². The van der Waals surface area contributed by atoms with Gasteiger partial charge in [0.2, 0.25) is 0 Å². The summed E-state index contributed by atoms with van der Waals surface area (Å²) < 4.78 is 0.528. The van der Waals surface area contributed by atoms with E-state index >= 15 is 0 Å². The van der Waals surface area contributed by atoms with Crippen LogP contribution in [0.15, 0.2) is 12.7 Å². The quantitative estimate of drug-likeness (QED) is 0.676. The van der Waals surface area contributed by atoms with Crippen LogP contribution in [-0.4, -0.2) is 23.6 Å². The lowest BCUT2D eigenvalue weighted by Gasteiger charge is -2.37. The van der Waals surface area contributed by atoms with E-state index in [0.717, 1.165) is 6.42 Å². The summed E-state index contributed by atoms with van der Waals surface area (Å²) in [5.41, 5.74) is 0. The molecule has 1 aliphatic carbocycles. The predicted octanol–water partition coefficient (Wildman–Crippen LogP) is 4.00. The SMILES string of the molecule is C=CCCC(C)NCC1(SC)CCCCC1. The third kappa shape index (κ3) is 4.50. The zero-order valence-corrected chi connectivity index (χ0v) is 11.7. The summed E-state index contributed by atoms with van der Waals surface area (Å²) in [6, 6.07) is 0.629. The van der Waals surface area contributed by atoms with Gasteiger partial charge in [0.1, 0.15) is 0 Å². The van der Waals surface area contributed by atoms with Crippen molar-refractivity contribution in [3.8, 4) is 0 Å². The zero-order chi connectivity index (χ0) is 11.9. The van der Waals surface area contributed by atoms with Crippen LogP contribution in [0.5, 0.6) is 0 Å². The molecule has 0 aromatic rings. The highest BCUT2D eigenvalue weighted by Crippen LogP contribution is 2.38. The van der Waals surface area contributed by atoms with Gasteiger partial charge in [0.15, 0.2) is 0 Å². The van der Waals surface area contributed by atoms with Gasteiger partial charge < -0.3 is 5.32 Å². The molecule has 0 aliphatic heterocycles. The summed E-state index contributed by atoms with van der Waals surface area (Å²) >= 11 is 2.08. The molecule has 1 unspecified atom stereocenters. The summed E-state index contributed by atoms with van der Waals surface area (Å²) in [6.45, 7) is 7.26. The van der Waals surface area contributed by atoms with E-state index in [0.29, 0.717) is 10.8 Å². The second kappa shape index (κ2) is 7.39. The molecule has 0 spiro atoms. The van der Waals surface area contributed by atoms with Crippen LogP contribution in [-0.2, 0) is 0 Å². The minimum atomic E-state index is 0.528. The van der Waals surface area contributed by atoms with Crippen LogP contribution in [0, 0.1) is 0 Å². The lowest BCUT2D eigenvalue weighted by atomic mass is 9.88. The third-order valence-electron chi connectivity index (χ3n) is 3.77. The molecule has 0 radical (unpaired) electrons. The van der Waals surface area contributed by atoms with Gasteiger partial charge in [-0.1, -0.05) is 25.3 Å². The van der Waals surface area contributed by atoms with Crippen molar-refractivity contribution in [2.75, 3.05) is 12.8 Å². The first kappa shape index (κ1) is 14.1. The van der Waals surface area contributed by atoms with Crippen LogP contribution in [0.1, 0.15) is 51.9 Å². The predicted molar refractivity (Wildman–Crippen MR) is 76.2 cm³/mol. The van der Waals surface area contributed by atoms with Crippen molar-refractivity contribution in [3.05, 3.63) is 12.7 Å². The molecule has 1 rings (SSSR count). The number of rotatable bonds is 7. The fourth-order valence-corrected chi connectivity index (χ4v) is 3.40. The van der Waals surface area contributed by atoms with Gasteiger partial charge >= 0.3 is 0 Å². The molecular weight excluding hydrogens is 214 g/mol. The van der Waals surface area contributed by atoms with Crippen LogP contribution < -0.4 is 5.32 Å². The Hall–Kier alpha value is 0.0500. The van der Waals surface area contributed by atoms with Crippen molar-refractivity contribution < 1.29 is 0 Å². The molecule has 1 N–H and O–H groups in total. The van der Waals surface area contributed by atoms with Crippen LogP contribution in [0.25, 0.3) is 0 Å². The van der Waals surface area contributed by atoms with Gasteiger partial charge in [0, 0.05) is 17.3 Å². The molecule has 1 fully saturated rings. The summed E-state index contributed by atoms with van der Waals surface area (Å²) in [6.07, 6.45) is 13.7. The van der Waals surface area contributed by atoms with Crippen molar-refractivity contribution >= 4 is 11.8 Å². The average Bonchev–Trinajstić information content (AvgIpc) is 2.35. The van der Waals surface area contributed by atoms with E-state index in [1.54, 1.807) is 0 Å². The van der Waals surface area contributed by atoms with Crippen molar-refractivity contribution in [2.45, 2.75) is 62.7 Å². The monoisotopic (exact) mass is 241 g/mol. The van der Waals surface area contributed by atoms with Crippen molar-refractivity contribution in [2.24, 2.45) is 0 Å². The van der Waals surface area contributed by atoms with Gasteiger partial charge in [-0.15, -0.1) is 6.58 Å². The maximum atomic E-state index is 3.78. The maximum Gasteiger partial charge on any atom is 0.0281 e. The van der Waals surface area contributed by atoms with E-state index in [2.05, 4.69) is 36.8 Å². The van der Waals surface area contributed by atoms with Gasteiger partial charge in [-0.05, 0) is 38.9 Å². The van der Waals surface area contributed by atoms with E-state index in [-0.39, 0.29) is 0 Å². The Labute approximate surface area is 105 Å². The van der Waals surface area contributed by atoms with Crippen molar-refractivity contribution in [1.29, 1.82) is 0 Å². The molecule has 0 saturated heterocycles. The van der Waals surface area contributed by atoms with E-state index in [9.17, 15) is 0 Å². The van der Waals surface area contributed by atoms with Crippen LogP contribution in [0.4, 0.5) is 0 Å². The maximum absolute atomic E-state index is 3.78. The van der Waals surface area contributed by atoms with Gasteiger partial charge in [0.05, 0.1) is 0 Å². The van der Waals surface area contributed by atoms with E-state index < -0.39 is 0 Å². The molecule has 0 aromatic carbocycles. The Morgan fingerprint density at radius 2 is 2.06 bits per heavy atom. The lowest BCUT2D eigenvalue weighted by Crippen LogP contribution is -2.42. The first-order valence-corrected chi connectivity index (χ1v) is 7.84. The molecule has 0 heterocycles. The molecule has 1 saturated carbocycles. The van der Waals surface area contributed by atoms with Crippen LogP contribution >= 0.6 is 11.8 Å². The molecule has 1 nitrogen and oxygen atoms in total. The Kier molecular flexibility index (Phi) is 6.52.